The molecule has 112 valence electrons. The number of hydrazine groups is 1. The van der Waals surface area contributed by atoms with Crippen LogP contribution in [0.1, 0.15) is 6.92 Å². The van der Waals surface area contributed by atoms with E-state index in [1.54, 1.807) is 5.43 Å². The molecule has 0 aromatic heterocycles. The van der Waals surface area contributed by atoms with Gasteiger partial charge in [-0.3, -0.25) is 4.79 Å². The van der Waals surface area contributed by atoms with Crippen molar-refractivity contribution >= 4 is 34.9 Å². The average molecular weight is 314 g/mol. The number of nitrogens with zero attached hydrogens (tertiary/aromatic N) is 1. The molecule has 1 aliphatic heterocycles. The van der Waals surface area contributed by atoms with Crippen LogP contribution in [-0.2, 0) is 4.79 Å². The van der Waals surface area contributed by atoms with Crippen LogP contribution in [0, 0.1) is 10.4 Å². The lowest BCUT2D eigenvalue weighted by atomic mass is 10.1. The minimum atomic E-state index is -1.89. The maximum Gasteiger partial charge on any atom is 0.441 e. The second kappa shape index (κ2) is 5.07. The number of hydrogen-bond donors (Lipinski definition) is 4. The summed E-state index contributed by atoms with van der Waals surface area (Å²) in [6, 6.07) is 2.50. The first kappa shape index (κ1) is 15.4. The predicted molar refractivity (Wildman–Crippen MR) is 75.2 cm³/mol. The molecule has 1 heterocycles. The third kappa shape index (κ3) is 2.08. The number of halogens is 1. The Morgan fingerprint density at radius 3 is 2.57 bits per heavy atom. The maximum absolute atomic E-state index is 13.0. The van der Waals surface area contributed by atoms with Crippen LogP contribution >= 0.6 is 11.6 Å². The van der Waals surface area contributed by atoms with Crippen molar-refractivity contribution < 1.29 is 14.7 Å². The molecular weight excluding hydrogens is 302 g/mol. The highest BCUT2D eigenvalue weighted by Crippen LogP contribution is 2.38. The summed E-state index contributed by atoms with van der Waals surface area (Å²) in [5.74, 6) is 3.84. The Balaban J connectivity index is 2.86. The molecule has 0 fully saturated rings. The molecule has 2 atom stereocenters. The van der Waals surface area contributed by atoms with Crippen molar-refractivity contribution in [3.05, 3.63) is 45.0 Å². The normalized spacial score (nSPS) is 24.5. The van der Waals surface area contributed by atoms with Crippen molar-refractivity contribution in [2.24, 2.45) is 11.6 Å². The number of carbonyl (C=O) groups is 2. The molecule has 0 saturated carbocycles. The van der Waals surface area contributed by atoms with Crippen molar-refractivity contribution in [2.45, 2.75) is 6.92 Å². The standard InChI is InChI=1S/C11H12ClN5O4/c1-5-9(10(13)18)17(21,11(19)15-14)8-3-2-6(12)4-7(8)16(5)20/h2-4,16H,14H2,1H3,(H2,13,18)(H,15,19). The van der Waals surface area contributed by atoms with Crippen molar-refractivity contribution in [2.75, 3.05) is 0 Å². The predicted octanol–water partition coefficient (Wildman–Crippen LogP) is -0.527. The van der Waals surface area contributed by atoms with Gasteiger partial charge in [-0.25, -0.2) is 16.1 Å². The fraction of sp³-hybridized carbons (Fsp3) is 0.0909. The van der Waals surface area contributed by atoms with E-state index in [0.29, 0.717) is 0 Å². The first-order valence-corrected chi connectivity index (χ1v) is 6.10. The quantitative estimate of drug-likeness (QED) is 0.181. The number of nitrogens with one attached hydrogen (secondary N) is 2. The van der Waals surface area contributed by atoms with E-state index in [0.717, 1.165) is 0 Å². The Morgan fingerprint density at radius 1 is 1.43 bits per heavy atom. The molecule has 21 heavy (non-hydrogen) atoms. The molecule has 9 nitrogen and oxygen atoms in total. The SMILES string of the molecule is CC1=C(C(N)=O)[N+]([O-])(C(=O)NN)c2ccc(Cl)cc2[NH+]1[O-]. The Morgan fingerprint density at radius 2 is 2.05 bits per heavy atom. The van der Waals surface area contributed by atoms with Gasteiger partial charge in [0.05, 0.1) is 0 Å². The average Bonchev–Trinajstić information content (AvgIpc) is 2.43. The highest BCUT2D eigenvalue weighted by molar-refractivity contribution is 6.31. The van der Waals surface area contributed by atoms with Gasteiger partial charge in [0, 0.05) is 24.1 Å². The van der Waals surface area contributed by atoms with Gasteiger partial charge in [-0.2, -0.15) is 4.65 Å². The van der Waals surface area contributed by atoms with Crippen LogP contribution in [0.5, 0.6) is 0 Å². The summed E-state index contributed by atoms with van der Waals surface area (Å²) in [6.45, 7) is 1.24. The molecule has 1 aromatic rings. The second-order valence-electron chi connectivity index (χ2n) is 4.39. The fourth-order valence-corrected chi connectivity index (χ4v) is 2.44. The maximum atomic E-state index is 13.0. The van der Waals surface area contributed by atoms with Gasteiger partial charge in [0.15, 0.2) is 5.70 Å². The largest absolute Gasteiger partial charge is 0.623 e. The van der Waals surface area contributed by atoms with Crippen LogP contribution in [0.2, 0.25) is 5.02 Å². The van der Waals surface area contributed by atoms with Gasteiger partial charge in [-0.1, -0.05) is 11.6 Å². The number of benzene rings is 1. The number of quaternary nitrogens is 2. The topological polar surface area (TPSA) is 149 Å². The van der Waals surface area contributed by atoms with Gasteiger partial charge >= 0.3 is 11.9 Å². The third-order valence-corrected chi connectivity index (χ3v) is 3.43. The summed E-state index contributed by atoms with van der Waals surface area (Å²) in [7, 11) is 0. The second-order valence-corrected chi connectivity index (χ2v) is 4.82. The van der Waals surface area contributed by atoms with E-state index >= 15 is 0 Å². The molecule has 2 rings (SSSR count). The van der Waals surface area contributed by atoms with Crippen LogP contribution in [0.25, 0.3) is 0 Å². The Labute approximate surface area is 124 Å². The zero-order valence-electron chi connectivity index (χ0n) is 10.8. The lowest BCUT2D eigenvalue weighted by Gasteiger charge is -2.43. The van der Waals surface area contributed by atoms with Gasteiger partial charge in [0.1, 0.15) is 0 Å². The van der Waals surface area contributed by atoms with Crippen molar-refractivity contribution in [1.82, 2.24) is 10.1 Å². The molecule has 6 N–H and O–H groups in total. The molecule has 0 saturated heterocycles. The van der Waals surface area contributed by atoms with E-state index in [-0.39, 0.29) is 22.1 Å². The molecule has 2 unspecified atom stereocenters. The van der Waals surface area contributed by atoms with Crippen molar-refractivity contribution in [3.63, 3.8) is 0 Å². The number of urea groups is 1. The molecule has 0 bridgehead atoms. The van der Waals surface area contributed by atoms with E-state index in [4.69, 9.17) is 23.2 Å². The van der Waals surface area contributed by atoms with E-state index < -0.39 is 27.3 Å². The fourth-order valence-electron chi connectivity index (χ4n) is 2.27. The minimum absolute atomic E-state index is 0.0800. The zero-order valence-corrected chi connectivity index (χ0v) is 11.6. The molecule has 0 radical (unpaired) electrons. The highest BCUT2D eigenvalue weighted by atomic mass is 35.5. The van der Waals surface area contributed by atoms with Crippen LogP contribution in [-0.4, -0.2) is 11.9 Å². The van der Waals surface area contributed by atoms with Crippen LogP contribution in [0.4, 0.5) is 16.2 Å². The van der Waals surface area contributed by atoms with Crippen molar-refractivity contribution in [3.8, 4) is 0 Å². The number of hydroxylamine groups is 3. The number of hydrogen-bond acceptors (Lipinski definition) is 5. The molecule has 1 aliphatic rings. The lowest BCUT2D eigenvalue weighted by molar-refractivity contribution is -0.732. The number of fused-ring (bicyclic) bond motifs is 1. The van der Waals surface area contributed by atoms with E-state index in [1.807, 2.05) is 0 Å². The summed E-state index contributed by atoms with van der Waals surface area (Å²) < 4.78 is -1.89. The Hall–Kier alpha value is -2.01. The molecule has 1 aromatic carbocycles. The molecule has 0 aliphatic carbocycles. The van der Waals surface area contributed by atoms with Gasteiger partial charge in [-0.15, -0.1) is 0 Å². The first-order chi connectivity index (χ1) is 9.75. The number of allylic oxidation sites excluding steroid dienone is 1. The summed E-state index contributed by atoms with van der Waals surface area (Å²) in [5.41, 5.74) is 5.59. The van der Waals surface area contributed by atoms with Crippen LogP contribution in [0.3, 0.4) is 0 Å². The number of primary amides is 1. The van der Waals surface area contributed by atoms with Gasteiger partial charge in [0.25, 0.3) is 5.70 Å². The first-order valence-electron chi connectivity index (χ1n) is 5.72. The number of nitrogens with two attached hydrogens (primary N) is 2. The van der Waals surface area contributed by atoms with Gasteiger partial charge < -0.3 is 21.2 Å². The van der Waals surface area contributed by atoms with E-state index in [2.05, 4.69) is 0 Å². The van der Waals surface area contributed by atoms with Gasteiger partial charge in [-0.05, 0) is 6.07 Å². The molecular formula is C11H12ClN5O4. The Kier molecular flexibility index (Phi) is 3.72. The number of amides is 3. The summed E-state index contributed by atoms with van der Waals surface area (Å²) in [4.78, 5) is 23.5. The van der Waals surface area contributed by atoms with Crippen molar-refractivity contribution in [1.29, 1.82) is 0 Å². The molecule has 10 heteroatoms. The minimum Gasteiger partial charge on any atom is -0.623 e. The van der Waals surface area contributed by atoms with E-state index in [9.17, 15) is 20.0 Å². The zero-order chi connectivity index (χ0) is 15.9. The van der Waals surface area contributed by atoms with Gasteiger partial charge in [0.2, 0.25) is 11.4 Å². The van der Waals surface area contributed by atoms with Crippen LogP contribution in [0.15, 0.2) is 29.6 Å². The summed E-state index contributed by atoms with van der Waals surface area (Å²) >= 11 is 5.80. The van der Waals surface area contributed by atoms with Crippen LogP contribution < -0.4 is 26.7 Å². The summed E-state index contributed by atoms with van der Waals surface area (Å²) in [5, 5.41) is 24.9. The molecule has 3 amide bonds. The number of carbonyl (C=O) groups excluding carboxylic acids is 2. The lowest BCUT2D eigenvalue weighted by Crippen LogP contribution is -3.01. The Bertz CT molecular complexity index is 677. The number of rotatable bonds is 1. The third-order valence-electron chi connectivity index (χ3n) is 3.20. The van der Waals surface area contributed by atoms with E-state index in [1.165, 1.54) is 25.1 Å². The molecule has 0 spiro atoms. The highest BCUT2D eigenvalue weighted by Gasteiger charge is 2.48. The monoisotopic (exact) mass is 313 g/mol. The summed E-state index contributed by atoms with van der Waals surface area (Å²) in [6.07, 6.45) is 0. The smallest absolute Gasteiger partial charge is 0.441 e.